The van der Waals surface area contributed by atoms with Crippen molar-refractivity contribution in [1.29, 1.82) is 5.26 Å². The molecule has 0 saturated heterocycles. The summed E-state index contributed by atoms with van der Waals surface area (Å²) in [7, 11) is 0. The molecule has 0 unspecified atom stereocenters. The zero-order valence-electron chi connectivity index (χ0n) is 14.2. The Kier molecular flexibility index (Phi) is 4.33. The molecule has 130 valence electrons. The van der Waals surface area contributed by atoms with E-state index in [-0.39, 0.29) is 17.7 Å². The van der Waals surface area contributed by atoms with Gasteiger partial charge in [0.1, 0.15) is 18.1 Å². The highest BCUT2D eigenvalue weighted by atomic mass is 16.5. The number of hydrogen-bond acceptors (Lipinski definition) is 5. The summed E-state index contributed by atoms with van der Waals surface area (Å²) in [6.07, 6.45) is 3.31. The number of nitrogens with zero attached hydrogens (tertiary/aromatic N) is 4. The number of rotatable bonds is 4. The molecule has 4 aromatic rings. The summed E-state index contributed by atoms with van der Waals surface area (Å²) >= 11 is 0. The predicted octanol–water partition coefficient (Wildman–Crippen LogP) is 3.23. The van der Waals surface area contributed by atoms with Gasteiger partial charge in [0.05, 0.1) is 22.8 Å². The number of aromatic nitrogens is 3. The molecule has 2 aromatic heterocycles. The molecule has 4 rings (SSSR count). The second-order valence-corrected chi connectivity index (χ2v) is 5.88. The number of nitriles is 1. The van der Waals surface area contributed by atoms with Crippen molar-refractivity contribution in [2.75, 3.05) is 0 Å². The van der Waals surface area contributed by atoms with Crippen LogP contribution in [0.1, 0.15) is 11.3 Å². The fourth-order valence-corrected chi connectivity index (χ4v) is 2.70. The predicted molar refractivity (Wildman–Crippen MR) is 101 cm³/mol. The van der Waals surface area contributed by atoms with Crippen molar-refractivity contribution < 1.29 is 4.74 Å². The van der Waals surface area contributed by atoms with Gasteiger partial charge in [-0.1, -0.05) is 12.1 Å². The Bertz CT molecular complexity index is 1220. The van der Waals surface area contributed by atoms with Crippen molar-refractivity contribution in [1.82, 2.24) is 14.8 Å². The molecule has 6 nitrogen and oxygen atoms in total. The van der Waals surface area contributed by atoms with E-state index < -0.39 is 0 Å². The molecule has 0 spiro atoms. The van der Waals surface area contributed by atoms with Gasteiger partial charge in [0.2, 0.25) is 5.43 Å². The van der Waals surface area contributed by atoms with Crippen LogP contribution in [-0.4, -0.2) is 14.8 Å². The van der Waals surface area contributed by atoms with Gasteiger partial charge in [-0.3, -0.25) is 9.78 Å². The van der Waals surface area contributed by atoms with E-state index in [1.165, 1.54) is 6.07 Å². The number of fused-ring (bicyclic) bond motifs is 1. The lowest BCUT2D eigenvalue weighted by Crippen LogP contribution is -2.18. The molecule has 0 N–H and O–H groups in total. The molecule has 0 bridgehead atoms. The molecule has 0 aliphatic heterocycles. The van der Waals surface area contributed by atoms with Crippen molar-refractivity contribution >= 4 is 10.9 Å². The average Bonchev–Trinajstić information content (AvgIpc) is 2.73. The van der Waals surface area contributed by atoms with E-state index in [0.29, 0.717) is 17.0 Å². The molecular formula is C21H14N4O2. The third kappa shape index (κ3) is 3.53. The van der Waals surface area contributed by atoms with Gasteiger partial charge in [-0.15, -0.1) is 0 Å². The average molecular weight is 354 g/mol. The van der Waals surface area contributed by atoms with Gasteiger partial charge in [0.25, 0.3) is 0 Å². The zero-order valence-corrected chi connectivity index (χ0v) is 14.2. The molecule has 2 heterocycles. The van der Waals surface area contributed by atoms with Crippen molar-refractivity contribution in [3.8, 4) is 17.5 Å². The maximum Gasteiger partial charge on any atom is 0.206 e. The Morgan fingerprint density at radius 1 is 1.07 bits per heavy atom. The quantitative estimate of drug-likeness (QED) is 0.562. The Balaban J connectivity index is 1.59. The standard InChI is InChI=1S/C21H14N4O2/c22-13-15-3-1-5-17(11-15)25-10-8-21(26)20(24-25)14-27-18-6-7-19-16(12-18)4-2-9-23-19/h1-12H,14H2. The number of hydrogen-bond donors (Lipinski definition) is 0. The van der Waals surface area contributed by atoms with Crippen LogP contribution in [-0.2, 0) is 6.61 Å². The van der Waals surface area contributed by atoms with E-state index >= 15 is 0 Å². The van der Waals surface area contributed by atoms with Crippen LogP contribution in [0.3, 0.4) is 0 Å². The monoisotopic (exact) mass is 354 g/mol. The molecule has 0 amide bonds. The second kappa shape index (κ2) is 7.10. The van der Waals surface area contributed by atoms with Crippen LogP contribution in [0.5, 0.6) is 5.75 Å². The lowest BCUT2D eigenvalue weighted by atomic mass is 10.2. The number of pyridine rings is 1. The van der Waals surface area contributed by atoms with Gasteiger partial charge < -0.3 is 4.74 Å². The van der Waals surface area contributed by atoms with Crippen LogP contribution in [0.4, 0.5) is 0 Å². The summed E-state index contributed by atoms with van der Waals surface area (Å²) in [6, 6.07) is 19.9. The van der Waals surface area contributed by atoms with Gasteiger partial charge in [0, 0.05) is 23.8 Å². The first kappa shape index (κ1) is 16.5. The Morgan fingerprint density at radius 3 is 2.89 bits per heavy atom. The fraction of sp³-hybridized carbons (Fsp3) is 0.0476. The van der Waals surface area contributed by atoms with Crippen molar-refractivity contribution in [2.24, 2.45) is 0 Å². The van der Waals surface area contributed by atoms with Gasteiger partial charge in [0.15, 0.2) is 0 Å². The maximum absolute atomic E-state index is 12.1. The van der Waals surface area contributed by atoms with Crippen LogP contribution >= 0.6 is 0 Å². The lowest BCUT2D eigenvalue weighted by molar-refractivity contribution is 0.298. The van der Waals surface area contributed by atoms with Crippen molar-refractivity contribution in [3.63, 3.8) is 0 Å². The lowest BCUT2D eigenvalue weighted by Gasteiger charge is -2.09. The van der Waals surface area contributed by atoms with Gasteiger partial charge >= 0.3 is 0 Å². The van der Waals surface area contributed by atoms with Crippen LogP contribution in [0.15, 0.2) is 77.9 Å². The van der Waals surface area contributed by atoms with E-state index in [2.05, 4.69) is 16.2 Å². The van der Waals surface area contributed by atoms with E-state index in [1.807, 2.05) is 36.4 Å². The molecular weight excluding hydrogens is 340 g/mol. The first-order valence-electron chi connectivity index (χ1n) is 8.30. The minimum Gasteiger partial charge on any atom is -0.487 e. The molecule has 0 radical (unpaired) electrons. The van der Waals surface area contributed by atoms with Crippen molar-refractivity contribution in [3.05, 3.63) is 94.5 Å². The molecule has 2 aromatic carbocycles. The molecule has 0 fully saturated rings. The summed E-state index contributed by atoms with van der Waals surface area (Å²) in [5.41, 5.74) is 2.18. The summed E-state index contributed by atoms with van der Waals surface area (Å²) < 4.78 is 7.32. The number of benzene rings is 2. The van der Waals surface area contributed by atoms with Crippen LogP contribution in [0, 0.1) is 11.3 Å². The van der Waals surface area contributed by atoms with E-state index in [9.17, 15) is 4.79 Å². The highest BCUT2D eigenvalue weighted by molar-refractivity contribution is 5.79. The van der Waals surface area contributed by atoms with Crippen molar-refractivity contribution in [2.45, 2.75) is 6.61 Å². The van der Waals surface area contributed by atoms with Crippen LogP contribution in [0.2, 0.25) is 0 Å². The zero-order chi connectivity index (χ0) is 18.6. The number of ether oxygens (including phenoxy) is 1. The minimum absolute atomic E-state index is 0.0450. The van der Waals surface area contributed by atoms with E-state index in [4.69, 9.17) is 10.00 Å². The SMILES string of the molecule is N#Cc1cccc(-n2ccc(=O)c(COc3ccc4ncccc4c3)n2)c1. The topological polar surface area (TPSA) is 80.8 Å². The normalized spacial score (nSPS) is 10.5. The second-order valence-electron chi connectivity index (χ2n) is 5.88. The highest BCUT2D eigenvalue weighted by Gasteiger charge is 2.07. The first-order valence-corrected chi connectivity index (χ1v) is 8.30. The van der Waals surface area contributed by atoms with Crippen LogP contribution < -0.4 is 10.2 Å². The summed E-state index contributed by atoms with van der Waals surface area (Å²) in [4.78, 5) is 16.4. The van der Waals surface area contributed by atoms with E-state index in [0.717, 1.165) is 10.9 Å². The fourth-order valence-electron chi connectivity index (χ4n) is 2.70. The van der Waals surface area contributed by atoms with E-state index in [1.54, 1.807) is 35.3 Å². The molecule has 0 aliphatic carbocycles. The smallest absolute Gasteiger partial charge is 0.206 e. The van der Waals surface area contributed by atoms with Crippen LogP contribution in [0.25, 0.3) is 16.6 Å². The Labute approximate surface area is 154 Å². The third-order valence-electron chi connectivity index (χ3n) is 4.07. The van der Waals surface area contributed by atoms with Gasteiger partial charge in [-0.2, -0.15) is 10.4 Å². The third-order valence-corrected chi connectivity index (χ3v) is 4.07. The summed E-state index contributed by atoms with van der Waals surface area (Å²) in [5.74, 6) is 0.638. The van der Waals surface area contributed by atoms with Gasteiger partial charge in [-0.25, -0.2) is 4.68 Å². The summed E-state index contributed by atoms with van der Waals surface area (Å²) in [5, 5.41) is 14.4. The Hall–Kier alpha value is -3.98. The van der Waals surface area contributed by atoms with Gasteiger partial charge in [-0.05, 0) is 42.5 Å². The Morgan fingerprint density at radius 2 is 2.00 bits per heavy atom. The molecule has 6 heteroatoms. The molecule has 0 aliphatic rings. The molecule has 0 saturated carbocycles. The summed E-state index contributed by atoms with van der Waals surface area (Å²) in [6.45, 7) is 0.0450. The first-order chi connectivity index (χ1) is 13.2. The highest BCUT2D eigenvalue weighted by Crippen LogP contribution is 2.19. The largest absolute Gasteiger partial charge is 0.487 e. The minimum atomic E-state index is -0.204. The maximum atomic E-state index is 12.1. The molecule has 27 heavy (non-hydrogen) atoms. The molecule has 0 atom stereocenters.